The van der Waals surface area contributed by atoms with E-state index in [4.69, 9.17) is 23.1 Å². The number of carbonyl (C=O) groups is 1. The van der Waals surface area contributed by atoms with Crippen molar-refractivity contribution in [1.29, 1.82) is 0 Å². The smallest absolute Gasteiger partial charge is 0.456 e. The molecule has 0 unspecified atom stereocenters. The molecule has 0 saturated carbocycles. The van der Waals surface area contributed by atoms with Gasteiger partial charge in [0.1, 0.15) is 17.0 Å². The van der Waals surface area contributed by atoms with Crippen molar-refractivity contribution in [1.82, 2.24) is 5.01 Å². The molecular weight excluding hydrogens is 635 g/mol. The fraction of sp³-hybridized carbons (Fsp3) is 0.447. The standard InChI is InChI=1S/C38H51N5O5Si/c1-8-41(9-2)29-19-21-33-35(27-29)48-36-28-30(42(10-3)11-4)20-22-34(36)38(33)32-18-16-15-17-31(32)37(44)43(38)40-24-23-39-25-26-49(45-12-5,46-13-6)47-14-7/h15-24,27-28H,8-14,25-26H2,1-7H3/b39-23?,40-24+. The van der Waals surface area contributed by atoms with Gasteiger partial charge >= 0.3 is 8.80 Å². The highest BCUT2D eigenvalue weighted by molar-refractivity contribution is 6.60. The van der Waals surface area contributed by atoms with Gasteiger partial charge in [-0.15, -0.1) is 0 Å². The maximum absolute atomic E-state index is 14.4. The van der Waals surface area contributed by atoms with Crippen LogP contribution < -0.4 is 14.5 Å². The molecule has 0 aromatic heterocycles. The Hall–Kier alpha value is -4.03. The lowest BCUT2D eigenvalue weighted by atomic mass is 9.75. The van der Waals surface area contributed by atoms with Crippen LogP contribution >= 0.6 is 0 Å². The summed E-state index contributed by atoms with van der Waals surface area (Å²) in [4.78, 5) is 23.5. The molecule has 2 aliphatic heterocycles. The third-order valence-electron chi connectivity index (χ3n) is 9.24. The third-order valence-corrected chi connectivity index (χ3v) is 12.3. The van der Waals surface area contributed by atoms with Gasteiger partial charge in [0.15, 0.2) is 0 Å². The van der Waals surface area contributed by atoms with Gasteiger partial charge in [-0.1, -0.05) is 30.3 Å². The molecule has 0 bridgehead atoms. The number of carbonyl (C=O) groups excluding carboxylic acids is 1. The first kappa shape index (κ1) is 36.3. The van der Waals surface area contributed by atoms with Crippen LogP contribution in [-0.4, -0.2) is 84.7 Å². The van der Waals surface area contributed by atoms with Gasteiger partial charge < -0.3 is 27.8 Å². The first-order valence-electron chi connectivity index (χ1n) is 17.7. The Balaban J connectivity index is 1.61. The summed E-state index contributed by atoms with van der Waals surface area (Å²) in [5, 5.41) is 6.48. The van der Waals surface area contributed by atoms with Gasteiger partial charge in [-0.3, -0.25) is 9.79 Å². The fourth-order valence-corrected chi connectivity index (χ4v) is 9.47. The zero-order valence-electron chi connectivity index (χ0n) is 30.1. The van der Waals surface area contributed by atoms with Crippen LogP contribution in [0.15, 0.2) is 70.8 Å². The highest BCUT2D eigenvalue weighted by Gasteiger charge is 2.57. The van der Waals surface area contributed by atoms with Gasteiger partial charge in [-0.05, 0) is 66.7 Å². The summed E-state index contributed by atoms with van der Waals surface area (Å²) in [7, 11) is -2.83. The normalized spacial score (nSPS) is 14.8. The van der Waals surface area contributed by atoms with Crippen LogP contribution in [0.5, 0.6) is 11.5 Å². The van der Waals surface area contributed by atoms with Crippen LogP contribution in [0.1, 0.15) is 75.5 Å². The van der Waals surface area contributed by atoms with Crippen molar-refractivity contribution >= 4 is 38.5 Å². The maximum atomic E-state index is 14.4. The van der Waals surface area contributed by atoms with E-state index < -0.39 is 14.3 Å². The molecule has 2 aliphatic rings. The molecule has 0 atom stereocenters. The first-order valence-corrected chi connectivity index (χ1v) is 19.7. The van der Waals surface area contributed by atoms with Crippen LogP contribution in [-0.2, 0) is 18.8 Å². The van der Waals surface area contributed by atoms with Crippen molar-refractivity contribution in [3.63, 3.8) is 0 Å². The minimum absolute atomic E-state index is 0.185. The number of anilines is 2. The molecule has 3 aromatic rings. The predicted octanol–water partition coefficient (Wildman–Crippen LogP) is 7.34. The van der Waals surface area contributed by atoms with E-state index in [0.717, 1.165) is 54.2 Å². The van der Waals surface area contributed by atoms with E-state index >= 15 is 0 Å². The number of ether oxygens (including phenoxy) is 1. The Kier molecular flexibility index (Phi) is 11.9. The summed E-state index contributed by atoms with van der Waals surface area (Å²) < 4.78 is 24.7. The minimum atomic E-state index is -2.83. The van der Waals surface area contributed by atoms with Crippen molar-refractivity contribution < 1.29 is 22.8 Å². The molecule has 0 radical (unpaired) electrons. The maximum Gasteiger partial charge on any atom is 0.502 e. The number of aliphatic imine (C=N–C) groups is 1. The van der Waals surface area contributed by atoms with E-state index in [1.165, 1.54) is 0 Å². The van der Waals surface area contributed by atoms with Crippen LogP contribution in [0, 0.1) is 0 Å². The topological polar surface area (TPSA) is 88.4 Å². The summed E-state index contributed by atoms with van der Waals surface area (Å²) in [6.45, 7) is 19.8. The Morgan fingerprint density at radius 3 is 1.78 bits per heavy atom. The number of hydrogen-bond acceptors (Lipinski definition) is 9. The number of fused-ring (bicyclic) bond motifs is 6. The Morgan fingerprint density at radius 1 is 0.735 bits per heavy atom. The predicted molar refractivity (Wildman–Crippen MR) is 200 cm³/mol. The molecule has 11 heteroatoms. The lowest BCUT2D eigenvalue weighted by Crippen LogP contribution is -2.46. The van der Waals surface area contributed by atoms with Gasteiger partial charge in [0.05, 0.1) is 6.21 Å². The highest BCUT2D eigenvalue weighted by atomic mass is 28.4. The number of rotatable bonds is 17. The second-order valence-electron chi connectivity index (χ2n) is 11.7. The van der Waals surface area contributed by atoms with Crippen LogP contribution in [0.2, 0.25) is 6.04 Å². The monoisotopic (exact) mass is 685 g/mol. The van der Waals surface area contributed by atoms with E-state index in [2.05, 4.69) is 78.9 Å². The van der Waals surface area contributed by atoms with Crippen LogP contribution in [0.4, 0.5) is 11.4 Å². The molecule has 1 amide bonds. The van der Waals surface area contributed by atoms with E-state index in [9.17, 15) is 4.79 Å². The van der Waals surface area contributed by atoms with Crippen LogP contribution in [0.3, 0.4) is 0 Å². The lowest BCUT2D eigenvalue weighted by Gasteiger charge is -2.42. The summed E-state index contributed by atoms with van der Waals surface area (Å²) in [5.41, 5.74) is 4.27. The molecule has 0 N–H and O–H groups in total. The van der Waals surface area contributed by atoms with Crippen molar-refractivity contribution in [2.45, 2.75) is 60.0 Å². The molecule has 0 aliphatic carbocycles. The largest absolute Gasteiger partial charge is 0.502 e. The molecule has 0 saturated heterocycles. The molecular formula is C38H51N5O5Si. The summed E-state index contributed by atoms with van der Waals surface area (Å²) in [5.74, 6) is 1.22. The van der Waals surface area contributed by atoms with Gasteiger partial charge in [-0.2, -0.15) is 5.10 Å². The molecule has 3 aromatic carbocycles. The molecule has 2 heterocycles. The van der Waals surface area contributed by atoms with E-state index in [0.29, 0.717) is 49.5 Å². The van der Waals surface area contributed by atoms with E-state index in [-0.39, 0.29) is 5.91 Å². The van der Waals surface area contributed by atoms with Crippen LogP contribution in [0.25, 0.3) is 0 Å². The van der Waals surface area contributed by atoms with Crippen molar-refractivity contribution in [2.75, 3.05) is 62.3 Å². The molecule has 262 valence electrons. The van der Waals surface area contributed by atoms with E-state index in [1.807, 2.05) is 45.0 Å². The number of hydrazone groups is 1. The Bertz CT molecular complexity index is 1580. The Morgan fingerprint density at radius 2 is 1.27 bits per heavy atom. The third kappa shape index (κ3) is 6.77. The molecule has 1 spiro atoms. The quantitative estimate of drug-likeness (QED) is 0.109. The summed E-state index contributed by atoms with van der Waals surface area (Å²) in [6.07, 6.45) is 3.24. The number of hydrogen-bond donors (Lipinski definition) is 0. The molecule has 10 nitrogen and oxygen atoms in total. The van der Waals surface area contributed by atoms with Gasteiger partial charge in [0.25, 0.3) is 5.91 Å². The zero-order valence-corrected chi connectivity index (χ0v) is 31.1. The van der Waals surface area contributed by atoms with Crippen molar-refractivity contribution in [3.8, 4) is 11.5 Å². The van der Waals surface area contributed by atoms with E-state index in [1.54, 1.807) is 17.4 Å². The SMILES string of the molecule is CCO[Si](CCN=C/C=N/N1C(=O)c2ccccc2C12c1ccc(N(CC)CC)cc1Oc1cc(N(CC)CC)ccc12)(OCC)OCC. The minimum Gasteiger partial charge on any atom is -0.456 e. The van der Waals surface area contributed by atoms with Crippen molar-refractivity contribution in [2.24, 2.45) is 10.1 Å². The summed E-state index contributed by atoms with van der Waals surface area (Å²) >= 11 is 0. The van der Waals surface area contributed by atoms with Gasteiger partial charge in [-0.25, -0.2) is 5.01 Å². The highest BCUT2D eigenvalue weighted by Crippen LogP contribution is 2.58. The van der Waals surface area contributed by atoms with Gasteiger partial charge in [0, 0.05) is 111 Å². The first-order chi connectivity index (χ1) is 23.9. The Labute approximate surface area is 292 Å². The molecule has 5 rings (SSSR count). The zero-order chi connectivity index (χ0) is 35.0. The van der Waals surface area contributed by atoms with Crippen molar-refractivity contribution in [3.05, 3.63) is 82.9 Å². The average Bonchev–Trinajstić information content (AvgIpc) is 3.35. The lowest BCUT2D eigenvalue weighted by molar-refractivity contribution is 0.0674. The molecule has 0 fully saturated rings. The second-order valence-corrected chi connectivity index (χ2v) is 14.5. The summed E-state index contributed by atoms with van der Waals surface area (Å²) in [6, 6.07) is 21.0. The number of nitrogens with zero attached hydrogens (tertiary/aromatic N) is 5. The second kappa shape index (κ2) is 16.1. The number of amides is 1. The fourth-order valence-electron chi connectivity index (χ4n) is 7.07. The molecule has 49 heavy (non-hydrogen) atoms. The average molecular weight is 686 g/mol. The number of benzene rings is 3. The van der Waals surface area contributed by atoms with Gasteiger partial charge in [0.2, 0.25) is 0 Å².